The summed E-state index contributed by atoms with van der Waals surface area (Å²) in [5.41, 5.74) is 0.957. The molecule has 0 radical (unpaired) electrons. The molecule has 0 aliphatic carbocycles. The number of nitrogens with zero attached hydrogens (tertiary/aromatic N) is 2. The number of carboxylic acids is 1. The largest absolute Gasteiger partial charge is 0.480 e. The molecule has 0 fully saturated rings. The first-order valence-corrected chi connectivity index (χ1v) is 13.6. The number of aromatic nitrogens is 1. The third-order valence-corrected chi connectivity index (χ3v) is 8.05. The van der Waals surface area contributed by atoms with Gasteiger partial charge in [0.2, 0.25) is 0 Å². The molecular formula is C33H24ClF3N2O3. The Labute approximate surface area is 244 Å². The number of aliphatic carboxylic acids is 1. The molecule has 0 unspecified atom stereocenters. The van der Waals surface area contributed by atoms with Crippen LogP contribution in [0.3, 0.4) is 0 Å². The quantitative estimate of drug-likeness (QED) is 0.222. The van der Waals surface area contributed by atoms with Gasteiger partial charge in [-0.2, -0.15) is 13.2 Å². The Morgan fingerprint density at radius 2 is 1.62 bits per heavy atom. The van der Waals surface area contributed by atoms with Crippen LogP contribution in [0.25, 0.3) is 21.9 Å². The molecule has 1 aromatic heterocycles. The molecule has 0 saturated carbocycles. The molecule has 1 aliphatic heterocycles. The number of carboxylic acid groups (broad SMARTS) is 1. The van der Waals surface area contributed by atoms with Crippen molar-refractivity contribution in [2.45, 2.75) is 25.2 Å². The summed E-state index contributed by atoms with van der Waals surface area (Å²) in [6.07, 6.45) is -4.47. The molecule has 42 heavy (non-hydrogen) atoms. The standard InChI is InChI=1S/C33H24ClF3N2O3/c34-29-26(17-22-12-6-11-21-10-4-5-15-25(21)22)28(23-13-7-14-24(16-23)33(35,36)37)30-38(18-20-8-2-1-3-9-20)19-27(32(41)42)39(30)31(29)40/h1-16,27H,17-19H2,(H,41,42)/t27-/m0/s1. The van der Waals surface area contributed by atoms with Crippen LogP contribution in [0, 0.1) is 0 Å². The van der Waals surface area contributed by atoms with Crippen molar-refractivity contribution in [1.82, 2.24) is 4.57 Å². The zero-order chi connectivity index (χ0) is 29.6. The Balaban J connectivity index is 1.66. The Hall–Kier alpha value is -4.56. The monoisotopic (exact) mass is 588 g/mol. The lowest BCUT2D eigenvalue weighted by Crippen LogP contribution is -2.29. The first-order chi connectivity index (χ1) is 20.1. The molecule has 1 atom stereocenters. The number of halogens is 4. The van der Waals surface area contributed by atoms with Crippen LogP contribution in [0.5, 0.6) is 0 Å². The van der Waals surface area contributed by atoms with Crippen LogP contribution in [0.4, 0.5) is 19.0 Å². The lowest BCUT2D eigenvalue weighted by molar-refractivity contribution is -0.140. The highest BCUT2D eigenvalue weighted by Gasteiger charge is 2.39. The van der Waals surface area contributed by atoms with Gasteiger partial charge in [-0.1, -0.05) is 96.5 Å². The molecule has 212 valence electrons. The number of anilines is 1. The molecule has 9 heteroatoms. The van der Waals surface area contributed by atoms with Crippen LogP contribution >= 0.6 is 11.6 Å². The van der Waals surface area contributed by atoms with Gasteiger partial charge in [-0.3, -0.25) is 9.36 Å². The Bertz CT molecular complexity index is 1880. The first kappa shape index (κ1) is 27.6. The first-order valence-electron chi connectivity index (χ1n) is 13.3. The molecular weight excluding hydrogens is 565 g/mol. The van der Waals surface area contributed by atoms with Gasteiger partial charge in [0.25, 0.3) is 5.56 Å². The van der Waals surface area contributed by atoms with Crippen LogP contribution in [-0.4, -0.2) is 22.2 Å². The van der Waals surface area contributed by atoms with Gasteiger partial charge in [-0.25, -0.2) is 4.79 Å². The van der Waals surface area contributed by atoms with E-state index in [2.05, 4.69) is 0 Å². The minimum Gasteiger partial charge on any atom is -0.480 e. The molecule has 0 saturated heterocycles. The molecule has 0 spiro atoms. The van der Waals surface area contributed by atoms with E-state index >= 15 is 0 Å². The highest BCUT2D eigenvalue weighted by molar-refractivity contribution is 6.32. The van der Waals surface area contributed by atoms with Gasteiger partial charge in [0.05, 0.1) is 12.1 Å². The van der Waals surface area contributed by atoms with E-state index in [-0.39, 0.29) is 35.9 Å². The SMILES string of the molecule is O=C(O)[C@@H]1CN(Cc2ccccc2)c2c(-c3cccc(C(F)(F)F)c3)c(Cc3cccc4ccccc34)c(Cl)c(=O)n21. The Morgan fingerprint density at radius 1 is 0.929 bits per heavy atom. The molecule has 5 nitrogen and oxygen atoms in total. The third-order valence-electron chi connectivity index (χ3n) is 7.66. The van der Waals surface area contributed by atoms with Crippen LogP contribution in [0.1, 0.15) is 28.3 Å². The van der Waals surface area contributed by atoms with Crippen LogP contribution < -0.4 is 10.5 Å². The van der Waals surface area contributed by atoms with Crippen molar-refractivity contribution < 1.29 is 23.1 Å². The fraction of sp³-hybridized carbons (Fsp3) is 0.152. The van der Waals surface area contributed by atoms with E-state index in [1.165, 1.54) is 12.1 Å². The van der Waals surface area contributed by atoms with Crippen LogP contribution in [-0.2, 0) is 23.9 Å². The van der Waals surface area contributed by atoms with E-state index in [4.69, 9.17) is 11.6 Å². The molecule has 4 aromatic carbocycles. The number of rotatable bonds is 6. The van der Waals surface area contributed by atoms with E-state index in [0.29, 0.717) is 11.1 Å². The number of alkyl halides is 3. The number of fused-ring (bicyclic) bond motifs is 2. The van der Waals surface area contributed by atoms with Gasteiger partial charge in [0.15, 0.2) is 6.04 Å². The van der Waals surface area contributed by atoms with Crippen molar-refractivity contribution in [2.75, 3.05) is 11.4 Å². The molecule has 6 rings (SSSR count). The lowest BCUT2D eigenvalue weighted by Gasteiger charge is -2.25. The summed E-state index contributed by atoms with van der Waals surface area (Å²) in [6.45, 7) is 0.185. The molecule has 0 amide bonds. The second-order valence-corrected chi connectivity index (χ2v) is 10.7. The fourth-order valence-corrected chi connectivity index (χ4v) is 6.01. The predicted molar refractivity (Wildman–Crippen MR) is 157 cm³/mol. The van der Waals surface area contributed by atoms with Crippen molar-refractivity contribution in [3.8, 4) is 11.1 Å². The normalized spacial score (nSPS) is 14.8. The average Bonchev–Trinajstić information content (AvgIpc) is 3.35. The molecule has 2 heterocycles. The minimum atomic E-state index is -4.61. The molecule has 1 N–H and O–H groups in total. The van der Waals surface area contributed by atoms with Gasteiger partial charge in [0, 0.05) is 18.5 Å². The van der Waals surface area contributed by atoms with Crippen molar-refractivity contribution in [1.29, 1.82) is 0 Å². The van der Waals surface area contributed by atoms with E-state index < -0.39 is 29.3 Å². The minimum absolute atomic E-state index is 0.0561. The molecule has 0 bridgehead atoms. The summed E-state index contributed by atoms with van der Waals surface area (Å²) < 4.78 is 42.8. The van der Waals surface area contributed by atoms with Crippen molar-refractivity contribution >= 4 is 34.2 Å². The van der Waals surface area contributed by atoms with Crippen molar-refractivity contribution in [2.24, 2.45) is 0 Å². The summed E-state index contributed by atoms with van der Waals surface area (Å²) in [4.78, 5) is 28.0. The Morgan fingerprint density at radius 3 is 2.36 bits per heavy atom. The maximum atomic E-state index is 13.9. The van der Waals surface area contributed by atoms with Crippen molar-refractivity contribution in [3.63, 3.8) is 0 Å². The fourth-order valence-electron chi connectivity index (χ4n) is 5.76. The van der Waals surface area contributed by atoms with Gasteiger partial charge in [0.1, 0.15) is 10.8 Å². The highest BCUT2D eigenvalue weighted by atomic mass is 35.5. The zero-order valence-electron chi connectivity index (χ0n) is 22.1. The number of hydrogen-bond donors (Lipinski definition) is 1. The average molecular weight is 589 g/mol. The smallest absolute Gasteiger partial charge is 0.416 e. The Kier molecular flexibility index (Phi) is 7.02. The van der Waals surface area contributed by atoms with Gasteiger partial charge < -0.3 is 10.0 Å². The van der Waals surface area contributed by atoms with Crippen LogP contribution in [0.2, 0.25) is 5.02 Å². The zero-order valence-corrected chi connectivity index (χ0v) is 22.9. The molecule has 5 aromatic rings. The van der Waals surface area contributed by atoms with Gasteiger partial charge >= 0.3 is 12.1 Å². The van der Waals surface area contributed by atoms with Crippen molar-refractivity contribution in [3.05, 3.63) is 135 Å². The number of carbonyl (C=O) groups is 1. The second kappa shape index (κ2) is 10.7. The summed E-state index contributed by atoms with van der Waals surface area (Å²) in [5, 5.41) is 11.8. The van der Waals surface area contributed by atoms with Gasteiger partial charge in [-0.05, 0) is 45.2 Å². The van der Waals surface area contributed by atoms with E-state index in [9.17, 15) is 27.9 Å². The summed E-state index contributed by atoms with van der Waals surface area (Å²) >= 11 is 6.77. The molecule has 1 aliphatic rings. The number of benzene rings is 4. The van der Waals surface area contributed by atoms with E-state index in [1.54, 1.807) is 4.90 Å². The highest BCUT2D eigenvalue weighted by Crippen LogP contribution is 2.44. The number of hydrogen-bond acceptors (Lipinski definition) is 3. The lowest BCUT2D eigenvalue weighted by atomic mass is 9.92. The topological polar surface area (TPSA) is 62.5 Å². The summed E-state index contributed by atoms with van der Waals surface area (Å²) in [6, 6.07) is 26.2. The summed E-state index contributed by atoms with van der Waals surface area (Å²) in [7, 11) is 0. The maximum absolute atomic E-state index is 13.9. The maximum Gasteiger partial charge on any atom is 0.416 e. The second-order valence-electron chi connectivity index (χ2n) is 10.3. The van der Waals surface area contributed by atoms with E-state index in [0.717, 1.165) is 38.6 Å². The van der Waals surface area contributed by atoms with Gasteiger partial charge in [-0.15, -0.1) is 0 Å². The van der Waals surface area contributed by atoms with E-state index in [1.807, 2.05) is 72.8 Å². The van der Waals surface area contributed by atoms with Crippen LogP contribution in [0.15, 0.2) is 102 Å². The third kappa shape index (κ3) is 4.92. The number of pyridine rings is 1. The summed E-state index contributed by atoms with van der Waals surface area (Å²) in [5.74, 6) is -1.00. The predicted octanol–water partition coefficient (Wildman–Crippen LogP) is 7.58.